The van der Waals surface area contributed by atoms with E-state index in [2.05, 4.69) is 33.5 Å². The lowest BCUT2D eigenvalue weighted by molar-refractivity contribution is -0.117. The second-order valence-corrected chi connectivity index (χ2v) is 7.87. The van der Waals surface area contributed by atoms with Crippen molar-refractivity contribution in [1.29, 1.82) is 0 Å². The maximum absolute atomic E-state index is 12.3. The largest absolute Gasteiger partial charge is 0.486 e. The van der Waals surface area contributed by atoms with Gasteiger partial charge in [0.15, 0.2) is 23.0 Å². The van der Waals surface area contributed by atoms with Gasteiger partial charge in [0.2, 0.25) is 0 Å². The summed E-state index contributed by atoms with van der Waals surface area (Å²) in [5, 5.41) is 0. The number of carbonyl (C=O) groups is 1. The summed E-state index contributed by atoms with van der Waals surface area (Å²) in [7, 11) is 0. The number of fused-ring (bicyclic) bond motifs is 1. The Hall–Kier alpha value is -3.32. The van der Waals surface area contributed by atoms with Gasteiger partial charge in [-0.25, -0.2) is 0 Å². The van der Waals surface area contributed by atoms with Crippen LogP contribution >= 0.6 is 0 Å². The van der Waals surface area contributed by atoms with Gasteiger partial charge in [-0.1, -0.05) is 18.7 Å². The third-order valence-corrected chi connectivity index (χ3v) is 5.58. The summed E-state index contributed by atoms with van der Waals surface area (Å²) in [5.41, 5.74) is 2.87. The highest BCUT2D eigenvalue weighted by Crippen LogP contribution is 2.31. The molecule has 7 nitrogen and oxygen atoms in total. The summed E-state index contributed by atoms with van der Waals surface area (Å²) >= 11 is 0. The van der Waals surface area contributed by atoms with E-state index in [0.717, 1.165) is 55.5 Å². The van der Waals surface area contributed by atoms with Crippen molar-refractivity contribution >= 4 is 5.78 Å². The molecule has 4 rings (SSSR count). The monoisotopic (exact) mass is 435 g/mol. The van der Waals surface area contributed by atoms with Gasteiger partial charge in [-0.3, -0.25) is 14.7 Å². The number of pyridine rings is 1. The third-order valence-electron chi connectivity index (χ3n) is 5.58. The number of hydrogen-bond donors (Lipinski definition) is 0. The second kappa shape index (κ2) is 10.3. The lowest BCUT2D eigenvalue weighted by Crippen LogP contribution is -2.45. The van der Waals surface area contributed by atoms with Crippen LogP contribution in [0.15, 0.2) is 66.8 Å². The molecule has 168 valence electrons. The van der Waals surface area contributed by atoms with Crippen LogP contribution in [0.3, 0.4) is 0 Å². The molecule has 0 aliphatic carbocycles. The number of aromatic nitrogens is 1. The Kier molecular flexibility index (Phi) is 7.07. The number of allylic oxidation sites excluding steroid dienone is 2. The molecule has 0 bridgehead atoms. The van der Waals surface area contributed by atoms with E-state index in [4.69, 9.17) is 14.2 Å². The minimum Gasteiger partial charge on any atom is -0.486 e. The normalized spacial score (nSPS) is 16.8. The number of carbonyl (C=O) groups excluding carboxylic acids is 1. The molecule has 0 atom stereocenters. The fraction of sp³-hybridized carbons (Fsp3) is 0.360. The van der Waals surface area contributed by atoms with Crippen molar-refractivity contribution in [3.8, 4) is 11.5 Å². The molecule has 0 amide bonds. The average molecular weight is 436 g/mol. The van der Waals surface area contributed by atoms with Crippen LogP contribution in [0.1, 0.15) is 18.1 Å². The first-order valence-electron chi connectivity index (χ1n) is 10.9. The van der Waals surface area contributed by atoms with Gasteiger partial charge < -0.3 is 19.1 Å². The molecule has 0 saturated carbocycles. The molecule has 2 aromatic rings. The van der Waals surface area contributed by atoms with Crippen molar-refractivity contribution in [3.63, 3.8) is 0 Å². The van der Waals surface area contributed by atoms with Crippen LogP contribution < -0.4 is 9.47 Å². The highest BCUT2D eigenvalue weighted by atomic mass is 16.6. The number of piperazine rings is 1. The standard InChI is InChI=1S/C25H29N3O4/c1-3-22(25(19(2)29)32-18-21-5-4-8-26-16-21)28-11-9-27(10-12-28)17-20-6-7-23-24(15-20)31-14-13-30-23/h3-8,15-16H,1,9-14,17-18H2,2H3/b25-22-. The van der Waals surface area contributed by atoms with Gasteiger partial charge in [0, 0.05) is 57.6 Å². The van der Waals surface area contributed by atoms with Crippen molar-refractivity contribution in [2.45, 2.75) is 20.1 Å². The molecule has 2 aliphatic heterocycles. The molecule has 1 aromatic carbocycles. The van der Waals surface area contributed by atoms with Gasteiger partial charge in [-0.05, 0) is 29.8 Å². The zero-order valence-electron chi connectivity index (χ0n) is 18.5. The molecule has 0 radical (unpaired) electrons. The first-order chi connectivity index (χ1) is 15.6. The van der Waals surface area contributed by atoms with E-state index in [1.165, 1.54) is 12.5 Å². The lowest BCUT2D eigenvalue weighted by Gasteiger charge is -2.37. The van der Waals surface area contributed by atoms with Crippen LogP contribution in [-0.2, 0) is 22.7 Å². The molecular weight excluding hydrogens is 406 g/mol. The Morgan fingerprint density at radius 3 is 2.59 bits per heavy atom. The van der Waals surface area contributed by atoms with E-state index < -0.39 is 0 Å². The molecule has 0 unspecified atom stereocenters. The first kappa shape index (κ1) is 21.9. The zero-order valence-corrected chi connectivity index (χ0v) is 18.5. The average Bonchev–Trinajstić information content (AvgIpc) is 2.83. The summed E-state index contributed by atoms with van der Waals surface area (Å²) in [6.45, 7) is 11.1. The van der Waals surface area contributed by atoms with Gasteiger partial charge in [-0.2, -0.15) is 0 Å². The van der Waals surface area contributed by atoms with E-state index >= 15 is 0 Å². The van der Waals surface area contributed by atoms with Gasteiger partial charge in [0.05, 0.1) is 5.70 Å². The Morgan fingerprint density at radius 2 is 1.91 bits per heavy atom. The van der Waals surface area contributed by atoms with E-state index in [1.54, 1.807) is 18.5 Å². The molecule has 7 heteroatoms. The first-order valence-corrected chi connectivity index (χ1v) is 10.9. The van der Waals surface area contributed by atoms with Crippen LogP contribution in [0.25, 0.3) is 0 Å². The Morgan fingerprint density at radius 1 is 1.12 bits per heavy atom. The molecule has 3 heterocycles. The Balaban J connectivity index is 1.38. The zero-order chi connectivity index (χ0) is 22.3. The molecule has 32 heavy (non-hydrogen) atoms. The third kappa shape index (κ3) is 5.29. The molecule has 2 aliphatic rings. The summed E-state index contributed by atoms with van der Waals surface area (Å²) in [6, 6.07) is 9.92. The number of benzene rings is 1. The van der Waals surface area contributed by atoms with Crippen molar-refractivity contribution in [2.75, 3.05) is 39.4 Å². The van der Waals surface area contributed by atoms with Gasteiger partial charge in [0.25, 0.3) is 0 Å². The fourth-order valence-electron chi connectivity index (χ4n) is 3.95. The minimum atomic E-state index is -0.109. The number of ketones is 1. The smallest absolute Gasteiger partial charge is 0.196 e. The Bertz CT molecular complexity index is 982. The summed E-state index contributed by atoms with van der Waals surface area (Å²) in [5.74, 6) is 1.88. The molecule has 1 aromatic heterocycles. The van der Waals surface area contributed by atoms with Crippen LogP contribution in [0.5, 0.6) is 11.5 Å². The van der Waals surface area contributed by atoms with Crippen molar-refractivity contribution < 1.29 is 19.0 Å². The van der Waals surface area contributed by atoms with Crippen LogP contribution in [0.4, 0.5) is 0 Å². The Labute approximate surface area is 188 Å². The summed E-state index contributed by atoms with van der Waals surface area (Å²) < 4.78 is 17.2. The minimum absolute atomic E-state index is 0.109. The predicted octanol–water partition coefficient (Wildman–Crippen LogP) is 3.17. The highest BCUT2D eigenvalue weighted by Gasteiger charge is 2.23. The van der Waals surface area contributed by atoms with Crippen LogP contribution in [0, 0.1) is 0 Å². The predicted molar refractivity (Wildman–Crippen MR) is 121 cm³/mol. The van der Waals surface area contributed by atoms with Gasteiger partial charge >= 0.3 is 0 Å². The van der Waals surface area contributed by atoms with Crippen LogP contribution in [-0.4, -0.2) is 60.0 Å². The number of hydrogen-bond acceptors (Lipinski definition) is 7. The van der Waals surface area contributed by atoms with E-state index in [9.17, 15) is 4.79 Å². The number of ether oxygens (including phenoxy) is 3. The molecule has 0 spiro atoms. The molecule has 0 N–H and O–H groups in total. The van der Waals surface area contributed by atoms with Crippen molar-refractivity contribution in [1.82, 2.24) is 14.8 Å². The molecule has 1 saturated heterocycles. The fourth-order valence-corrected chi connectivity index (χ4v) is 3.95. The number of rotatable bonds is 8. The number of Topliss-reactive ketones (excluding diaryl/α,β-unsaturated/α-hetero) is 1. The number of nitrogens with zero attached hydrogens (tertiary/aromatic N) is 3. The van der Waals surface area contributed by atoms with Crippen LogP contribution in [0.2, 0.25) is 0 Å². The quantitative estimate of drug-likeness (QED) is 0.358. The van der Waals surface area contributed by atoms with E-state index in [0.29, 0.717) is 25.6 Å². The van der Waals surface area contributed by atoms with Gasteiger partial charge in [-0.15, -0.1) is 0 Å². The second-order valence-electron chi connectivity index (χ2n) is 7.87. The molecular formula is C25H29N3O4. The topological polar surface area (TPSA) is 64.1 Å². The summed E-state index contributed by atoms with van der Waals surface area (Å²) in [6.07, 6.45) is 5.17. The molecule has 1 fully saturated rings. The summed E-state index contributed by atoms with van der Waals surface area (Å²) in [4.78, 5) is 21.0. The van der Waals surface area contributed by atoms with Crippen molar-refractivity contribution in [3.05, 3.63) is 78.0 Å². The lowest BCUT2D eigenvalue weighted by atomic mass is 10.1. The van der Waals surface area contributed by atoms with E-state index in [-0.39, 0.29) is 5.78 Å². The van der Waals surface area contributed by atoms with Crippen molar-refractivity contribution in [2.24, 2.45) is 0 Å². The van der Waals surface area contributed by atoms with E-state index in [1.807, 2.05) is 18.2 Å². The maximum atomic E-state index is 12.3. The SMILES string of the molecule is C=C/C(=C(/OCc1cccnc1)C(C)=O)N1CCN(Cc2ccc3c(c2)OCCO3)CC1. The highest BCUT2D eigenvalue weighted by molar-refractivity contribution is 5.92. The maximum Gasteiger partial charge on any atom is 0.196 e. The van der Waals surface area contributed by atoms with Gasteiger partial charge in [0.1, 0.15) is 19.8 Å².